The van der Waals surface area contributed by atoms with Crippen molar-refractivity contribution in [3.8, 4) is 11.3 Å². The maximum Gasteiger partial charge on any atom is 0.277 e. The van der Waals surface area contributed by atoms with Crippen LogP contribution in [0.25, 0.3) is 11.3 Å². The molecular formula is C23H20N4O2S2. The quantitative estimate of drug-likeness (QED) is 0.262. The van der Waals surface area contributed by atoms with Gasteiger partial charge >= 0.3 is 0 Å². The summed E-state index contributed by atoms with van der Waals surface area (Å²) in [5.74, 6) is 0.597. The number of anilines is 1. The molecule has 0 radical (unpaired) electrons. The van der Waals surface area contributed by atoms with Gasteiger partial charge in [-0.05, 0) is 5.56 Å². The number of benzene rings is 2. The second kappa shape index (κ2) is 10.2. The third kappa shape index (κ3) is 5.48. The number of aromatic nitrogens is 3. The zero-order valence-corrected chi connectivity index (χ0v) is 18.3. The number of rotatable bonds is 9. The van der Waals surface area contributed by atoms with E-state index in [0.717, 1.165) is 16.8 Å². The fourth-order valence-electron chi connectivity index (χ4n) is 2.89. The second-order valence-corrected chi connectivity index (χ2v) is 8.35. The maximum atomic E-state index is 12.9. The molecule has 0 aliphatic heterocycles. The number of thiazole rings is 1. The van der Waals surface area contributed by atoms with E-state index in [1.54, 1.807) is 11.0 Å². The summed E-state index contributed by atoms with van der Waals surface area (Å²) in [7, 11) is 0. The van der Waals surface area contributed by atoms with E-state index in [2.05, 4.69) is 21.8 Å². The van der Waals surface area contributed by atoms with Gasteiger partial charge < -0.3 is 4.42 Å². The van der Waals surface area contributed by atoms with Gasteiger partial charge in [0, 0.05) is 17.5 Å². The van der Waals surface area contributed by atoms with Crippen LogP contribution in [0.2, 0.25) is 0 Å². The SMILES string of the molecule is C=CCN(C(=O)CSc1nnc(Cc2ccccc2)o1)c1nc(-c2ccccc2)cs1. The Balaban J connectivity index is 1.39. The van der Waals surface area contributed by atoms with Crippen LogP contribution in [0.4, 0.5) is 5.13 Å². The Kier molecular flexibility index (Phi) is 6.91. The summed E-state index contributed by atoms with van der Waals surface area (Å²) >= 11 is 2.66. The zero-order chi connectivity index (χ0) is 21.5. The number of hydrogen-bond donors (Lipinski definition) is 0. The first-order chi connectivity index (χ1) is 15.2. The zero-order valence-electron chi connectivity index (χ0n) is 16.7. The number of carbonyl (C=O) groups excluding carboxylic acids is 1. The van der Waals surface area contributed by atoms with E-state index in [4.69, 9.17) is 4.42 Å². The Labute approximate surface area is 188 Å². The summed E-state index contributed by atoms with van der Waals surface area (Å²) in [4.78, 5) is 19.1. The lowest BCUT2D eigenvalue weighted by molar-refractivity contribution is -0.116. The highest BCUT2D eigenvalue weighted by Crippen LogP contribution is 2.28. The van der Waals surface area contributed by atoms with Gasteiger partial charge in [-0.15, -0.1) is 28.1 Å². The molecule has 0 N–H and O–H groups in total. The Bertz CT molecular complexity index is 1140. The molecular weight excluding hydrogens is 428 g/mol. The lowest BCUT2D eigenvalue weighted by atomic mass is 10.2. The molecule has 0 saturated carbocycles. The lowest BCUT2D eigenvalue weighted by Gasteiger charge is -2.17. The van der Waals surface area contributed by atoms with E-state index in [-0.39, 0.29) is 11.7 Å². The molecule has 2 heterocycles. The Morgan fingerprint density at radius 2 is 1.84 bits per heavy atom. The second-order valence-electron chi connectivity index (χ2n) is 6.59. The average Bonchev–Trinajstić information content (AvgIpc) is 3.47. The number of nitrogens with zero attached hydrogens (tertiary/aromatic N) is 4. The highest BCUT2D eigenvalue weighted by atomic mass is 32.2. The van der Waals surface area contributed by atoms with E-state index >= 15 is 0 Å². The molecule has 31 heavy (non-hydrogen) atoms. The predicted octanol–water partition coefficient (Wildman–Crippen LogP) is 5.10. The highest BCUT2D eigenvalue weighted by molar-refractivity contribution is 7.99. The van der Waals surface area contributed by atoms with Gasteiger partial charge in [-0.25, -0.2) is 4.98 Å². The van der Waals surface area contributed by atoms with E-state index in [0.29, 0.717) is 29.2 Å². The molecule has 8 heteroatoms. The topological polar surface area (TPSA) is 72.1 Å². The van der Waals surface area contributed by atoms with Crippen molar-refractivity contribution in [1.29, 1.82) is 0 Å². The molecule has 6 nitrogen and oxygen atoms in total. The Hall–Kier alpha value is -3.23. The van der Waals surface area contributed by atoms with Crippen molar-refractivity contribution in [2.45, 2.75) is 11.6 Å². The fourth-order valence-corrected chi connectivity index (χ4v) is 4.40. The van der Waals surface area contributed by atoms with Gasteiger partial charge in [0.05, 0.1) is 17.9 Å². The molecule has 0 bridgehead atoms. The van der Waals surface area contributed by atoms with Crippen LogP contribution in [0.15, 0.2) is 88.3 Å². The largest absolute Gasteiger partial charge is 0.416 e. The monoisotopic (exact) mass is 448 g/mol. The molecule has 4 rings (SSSR count). The van der Waals surface area contributed by atoms with E-state index < -0.39 is 0 Å². The summed E-state index contributed by atoms with van der Waals surface area (Å²) < 4.78 is 5.68. The van der Waals surface area contributed by atoms with E-state index in [1.165, 1.54) is 23.1 Å². The molecule has 0 saturated heterocycles. The van der Waals surface area contributed by atoms with Crippen molar-refractivity contribution in [1.82, 2.24) is 15.2 Å². The normalized spacial score (nSPS) is 10.7. The minimum Gasteiger partial charge on any atom is -0.416 e. The van der Waals surface area contributed by atoms with Crippen molar-refractivity contribution in [2.24, 2.45) is 0 Å². The van der Waals surface area contributed by atoms with Gasteiger partial charge in [0.15, 0.2) is 5.13 Å². The molecule has 2 aromatic heterocycles. The van der Waals surface area contributed by atoms with Crippen LogP contribution >= 0.6 is 23.1 Å². The standard InChI is InChI=1S/C23H20N4O2S2/c1-2-13-27(22-24-19(15-30-22)18-11-7-4-8-12-18)21(28)16-31-23-26-25-20(29-23)14-17-9-5-3-6-10-17/h2-12,15H,1,13-14,16H2. The minimum absolute atomic E-state index is 0.0957. The first-order valence-electron chi connectivity index (χ1n) is 9.64. The first kappa shape index (κ1) is 21.0. The number of thioether (sulfide) groups is 1. The Morgan fingerprint density at radius 1 is 1.10 bits per heavy atom. The van der Waals surface area contributed by atoms with Crippen molar-refractivity contribution in [3.63, 3.8) is 0 Å². The number of carbonyl (C=O) groups is 1. The molecule has 0 fully saturated rings. The lowest BCUT2D eigenvalue weighted by Crippen LogP contribution is -2.32. The molecule has 0 atom stereocenters. The van der Waals surface area contributed by atoms with Crippen LogP contribution in [-0.4, -0.2) is 33.4 Å². The molecule has 1 amide bonds. The van der Waals surface area contributed by atoms with Gasteiger partial charge in [-0.3, -0.25) is 9.69 Å². The summed E-state index contributed by atoms with van der Waals surface area (Å²) in [6, 6.07) is 19.8. The minimum atomic E-state index is -0.0957. The number of amides is 1. The summed E-state index contributed by atoms with van der Waals surface area (Å²) in [6.45, 7) is 4.15. The van der Waals surface area contributed by atoms with Gasteiger partial charge in [-0.2, -0.15) is 0 Å². The van der Waals surface area contributed by atoms with Crippen LogP contribution in [0.1, 0.15) is 11.5 Å². The molecule has 4 aromatic rings. The first-order valence-corrected chi connectivity index (χ1v) is 11.5. The molecule has 2 aromatic carbocycles. The third-order valence-corrected chi connectivity index (χ3v) is 6.04. The van der Waals surface area contributed by atoms with E-state index in [1.807, 2.05) is 66.0 Å². The van der Waals surface area contributed by atoms with Gasteiger partial charge in [0.1, 0.15) is 0 Å². The van der Waals surface area contributed by atoms with Crippen molar-refractivity contribution in [2.75, 3.05) is 17.2 Å². The summed E-state index contributed by atoms with van der Waals surface area (Å²) in [5, 5.41) is 11.1. The maximum absolute atomic E-state index is 12.9. The van der Waals surface area contributed by atoms with E-state index in [9.17, 15) is 4.79 Å². The van der Waals surface area contributed by atoms with Crippen LogP contribution < -0.4 is 4.90 Å². The third-order valence-electron chi connectivity index (χ3n) is 4.37. The van der Waals surface area contributed by atoms with Gasteiger partial charge in [0.25, 0.3) is 5.22 Å². The fraction of sp³-hybridized carbons (Fsp3) is 0.130. The molecule has 0 aliphatic rings. The van der Waals surface area contributed by atoms with Crippen LogP contribution in [0, 0.1) is 0 Å². The van der Waals surface area contributed by atoms with Crippen LogP contribution in [-0.2, 0) is 11.2 Å². The average molecular weight is 449 g/mol. The summed E-state index contributed by atoms with van der Waals surface area (Å²) in [5.41, 5.74) is 2.95. The molecule has 156 valence electrons. The highest BCUT2D eigenvalue weighted by Gasteiger charge is 2.20. The summed E-state index contributed by atoms with van der Waals surface area (Å²) in [6.07, 6.45) is 2.25. The van der Waals surface area contributed by atoms with Crippen LogP contribution in [0.3, 0.4) is 0 Å². The Morgan fingerprint density at radius 3 is 2.58 bits per heavy atom. The van der Waals surface area contributed by atoms with Gasteiger partial charge in [0.2, 0.25) is 11.8 Å². The van der Waals surface area contributed by atoms with Crippen molar-refractivity contribution in [3.05, 3.63) is 90.2 Å². The molecule has 0 unspecified atom stereocenters. The molecule has 0 aliphatic carbocycles. The molecule has 0 spiro atoms. The number of hydrogen-bond acceptors (Lipinski definition) is 7. The van der Waals surface area contributed by atoms with Crippen molar-refractivity contribution < 1.29 is 9.21 Å². The predicted molar refractivity (Wildman–Crippen MR) is 124 cm³/mol. The smallest absolute Gasteiger partial charge is 0.277 e. The van der Waals surface area contributed by atoms with Crippen LogP contribution in [0.5, 0.6) is 0 Å². The van der Waals surface area contributed by atoms with Gasteiger partial charge in [-0.1, -0.05) is 78.5 Å². The van der Waals surface area contributed by atoms with Crippen molar-refractivity contribution >= 4 is 34.1 Å².